The monoisotopic (exact) mass is 332 g/mol. The number of carbonyl (C=O) groups excluding carboxylic acids is 3. The summed E-state index contributed by atoms with van der Waals surface area (Å²) in [6, 6.07) is 1.47. The molecule has 3 N–H and O–H groups in total. The Morgan fingerprint density at radius 3 is 2.62 bits per heavy atom. The number of carbonyl (C=O) groups is 3. The van der Waals surface area contributed by atoms with E-state index in [4.69, 9.17) is 5.73 Å². The fourth-order valence-corrected chi connectivity index (χ4v) is 3.06. The van der Waals surface area contributed by atoms with Crippen molar-refractivity contribution in [2.45, 2.75) is 39.7 Å². The zero-order valence-electron chi connectivity index (χ0n) is 14.3. The first-order chi connectivity index (χ1) is 11.3. The van der Waals surface area contributed by atoms with Crippen molar-refractivity contribution in [1.82, 2.24) is 9.88 Å². The number of nitrogens with two attached hydrogens (primary N) is 1. The van der Waals surface area contributed by atoms with Crippen LogP contribution in [-0.2, 0) is 9.59 Å². The van der Waals surface area contributed by atoms with E-state index >= 15 is 0 Å². The molecule has 0 radical (unpaired) electrons. The van der Waals surface area contributed by atoms with Gasteiger partial charge in [0.05, 0.1) is 17.4 Å². The van der Waals surface area contributed by atoms with Crippen LogP contribution in [0.1, 0.15) is 44.0 Å². The Kier molecular flexibility index (Phi) is 5.54. The van der Waals surface area contributed by atoms with Gasteiger partial charge in [-0.3, -0.25) is 19.4 Å². The molecule has 1 aliphatic rings. The van der Waals surface area contributed by atoms with Crippen LogP contribution in [0.3, 0.4) is 0 Å². The molecule has 0 saturated carbocycles. The Hall–Kier alpha value is -2.44. The summed E-state index contributed by atoms with van der Waals surface area (Å²) in [6.07, 6.45) is 4.63. The zero-order valence-corrected chi connectivity index (χ0v) is 14.3. The Balaban J connectivity index is 2.11. The molecule has 3 amide bonds. The lowest BCUT2D eigenvalue weighted by molar-refractivity contribution is -0.147. The largest absolute Gasteiger partial charge is 0.366 e. The molecule has 1 aromatic rings. The van der Waals surface area contributed by atoms with E-state index in [9.17, 15) is 14.4 Å². The van der Waals surface area contributed by atoms with Crippen molar-refractivity contribution in [3.8, 4) is 0 Å². The molecule has 1 fully saturated rings. The van der Waals surface area contributed by atoms with Gasteiger partial charge in [-0.05, 0) is 30.7 Å². The van der Waals surface area contributed by atoms with E-state index in [1.165, 1.54) is 18.5 Å². The molecule has 1 saturated heterocycles. The number of nitrogens with zero attached hydrogens (tertiary/aromatic N) is 2. The first-order valence-corrected chi connectivity index (χ1v) is 8.16. The van der Waals surface area contributed by atoms with E-state index in [0.29, 0.717) is 12.5 Å². The van der Waals surface area contributed by atoms with Gasteiger partial charge in [0.1, 0.15) is 0 Å². The van der Waals surface area contributed by atoms with E-state index < -0.39 is 17.7 Å². The highest BCUT2D eigenvalue weighted by atomic mass is 16.2. The summed E-state index contributed by atoms with van der Waals surface area (Å²) in [4.78, 5) is 41.6. The number of hydrogen-bond acceptors (Lipinski definition) is 4. The van der Waals surface area contributed by atoms with E-state index in [2.05, 4.69) is 31.1 Å². The molecular weight excluding hydrogens is 308 g/mol. The van der Waals surface area contributed by atoms with E-state index in [0.717, 1.165) is 12.8 Å². The topological polar surface area (TPSA) is 105 Å². The molecule has 2 rings (SSSR count). The summed E-state index contributed by atoms with van der Waals surface area (Å²) in [5.74, 6) is -1.26. The van der Waals surface area contributed by atoms with Crippen LogP contribution in [0, 0.1) is 11.8 Å². The van der Waals surface area contributed by atoms with Gasteiger partial charge < -0.3 is 16.0 Å². The maximum Gasteiger partial charge on any atom is 0.313 e. The van der Waals surface area contributed by atoms with Crippen molar-refractivity contribution < 1.29 is 14.4 Å². The Morgan fingerprint density at radius 2 is 2.00 bits per heavy atom. The van der Waals surface area contributed by atoms with E-state index in [-0.39, 0.29) is 23.2 Å². The maximum atomic E-state index is 12.6. The number of primary amides is 1. The predicted molar refractivity (Wildman–Crippen MR) is 90.1 cm³/mol. The number of aromatic nitrogens is 1. The van der Waals surface area contributed by atoms with Crippen LogP contribution in [0.5, 0.6) is 0 Å². The van der Waals surface area contributed by atoms with Crippen LogP contribution in [0.15, 0.2) is 18.5 Å². The zero-order chi connectivity index (χ0) is 17.9. The number of amides is 3. The van der Waals surface area contributed by atoms with Gasteiger partial charge in [-0.2, -0.15) is 0 Å². The second-order valence-electron chi connectivity index (χ2n) is 6.73. The lowest BCUT2D eigenvalue weighted by atomic mass is 9.88. The molecule has 2 atom stereocenters. The van der Waals surface area contributed by atoms with Gasteiger partial charge in [-0.25, -0.2) is 0 Å². The summed E-state index contributed by atoms with van der Waals surface area (Å²) in [6.45, 7) is 6.77. The molecule has 130 valence electrons. The first-order valence-electron chi connectivity index (χ1n) is 8.16. The van der Waals surface area contributed by atoms with E-state index in [1.807, 2.05) is 0 Å². The van der Waals surface area contributed by atoms with E-state index in [1.54, 1.807) is 4.90 Å². The summed E-state index contributed by atoms with van der Waals surface area (Å²) in [5, 5.41) is 2.51. The van der Waals surface area contributed by atoms with Crippen LogP contribution in [0.25, 0.3) is 0 Å². The van der Waals surface area contributed by atoms with Gasteiger partial charge in [-0.1, -0.05) is 20.8 Å². The average molecular weight is 332 g/mol. The van der Waals surface area contributed by atoms with Crippen LogP contribution in [0.4, 0.5) is 5.69 Å². The molecule has 0 spiro atoms. The molecule has 1 aliphatic heterocycles. The minimum Gasteiger partial charge on any atom is -0.366 e. The van der Waals surface area contributed by atoms with Crippen LogP contribution in [-0.4, -0.2) is 40.2 Å². The molecule has 2 heterocycles. The first kappa shape index (κ1) is 17.9. The summed E-state index contributed by atoms with van der Waals surface area (Å²) >= 11 is 0. The van der Waals surface area contributed by atoms with Gasteiger partial charge in [0, 0.05) is 18.8 Å². The van der Waals surface area contributed by atoms with Gasteiger partial charge in [-0.15, -0.1) is 0 Å². The molecule has 7 heteroatoms. The predicted octanol–water partition coefficient (Wildman–Crippen LogP) is 1.40. The molecule has 0 bridgehead atoms. The highest BCUT2D eigenvalue weighted by Crippen LogP contribution is 2.26. The SMILES string of the molecule is CC(C)[C@@H]1CC[C@@H](C)CN1C(=O)C(=O)Nc1cncc(C(N)=O)c1. The summed E-state index contributed by atoms with van der Waals surface area (Å²) in [7, 11) is 0. The highest BCUT2D eigenvalue weighted by molar-refractivity contribution is 6.39. The van der Waals surface area contributed by atoms with Gasteiger partial charge in [0.15, 0.2) is 0 Å². The lowest BCUT2D eigenvalue weighted by Crippen LogP contribution is -2.52. The normalized spacial score (nSPS) is 20.8. The second-order valence-corrected chi connectivity index (χ2v) is 6.73. The lowest BCUT2D eigenvalue weighted by Gasteiger charge is -2.40. The molecule has 0 unspecified atom stereocenters. The number of pyridine rings is 1. The van der Waals surface area contributed by atoms with Crippen molar-refractivity contribution in [3.05, 3.63) is 24.0 Å². The van der Waals surface area contributed by atoms with Crippen molar-refractivity contribution >= 4 is 23.4 Å². The molecular formula is C17H24N4O3. The van der Waals surface area contributed by atoms with Crippen LogP contribution < -0.4 is 11.1 Å². The maximum absolute atomic E-state index is 12.6. The Morgan fingerprint density at radius 1 is 1.29 bits per heavy atom. The van der Waals surface area contributed by atoms with Crippen molar-refractivity contribution in [3.63, 3.8) is 0 Å². The number of likely N-dealkylation sites (tertiary alicyclic amines) is 1. The Labute approximate surface area is 141 Å². The number of piperidine rings is 1. The minimum atomic E-state index is -0.724. The second kappa shape index (κ2) is 7.42. The molecule has 7 nitrogen and oxygen atoms in total. The van der Waals surface area contributed by atoms with Crippen molar-refractivity contribution in [1.29, 1.82) is 0 Å². The number of rotatable bonds is 3. The molecule has 24 heavy (non-hydrogen) atoms. The fourth-order valence-electron chi connectivity index (χ4n) is 3.06. The number of nitrogens with one attached hydrogen (secondary N) is 1. The quantitative estimate of drug-likeness (QED) is 0.816. The number of hydrogen-bond donors (Lipinski definition) is 2. The summed E-state index contributed by atoms with van der Waals surface area (Å²) < 4.78 is 0. The average Bonchev–Trinajstić information content (AvgIpc) is 2.53. The smallest absolute Gasteiger partial charge is 0.313 e. The molecule has 0 aromatic carbocycles. The number of anilines is 1. The van der Waals surface area contributed by atoms with Gasteiger partial charge in [0.25, 0.3) is 0 Å². The third-order valence-corrected chi connectivity index (χ3v) is 4.37. The van der Waals surface area contributed by atoms with Crippen LogP contribution >= 0.6 is 0 Å². The third kappa shape index (κ3) is 4.10. The van der Waals surface area contributed by atoms with Crippen molar-refractivity contribution in [2.75, 3.05) is 11.9 Å². The Bertz CT molecular complexity index is 644. The van der Waals surface area contributed by atoms with Crippen molar-refractivity contribution in [2.24, 2.45) is 17.6 Å². The fraction of sp³-hybridized carbons (Fsp3) is 0.529. The molecule has 1 aromatic heterocycles. The van der Waals surface area contributed by atoms with Crippen LogP contribution in [0.2, 0.25) is 0 Å². The van der Waals surface area contributed by atoms with Gasteiger partial charge in [0.2, 0.25) is 5.91 Å². The highest BCUT2D eigenvalue weighted by Gasteiger charge is 2.34. The summed E-state index contributed by atoms with van der Waals surface area (Å²) in [5.41, 5.74) is 5.64. The third-order valence-electron chi connectivity index (χ3n) is 4.37. The standard InChI is InChI=1S/C17H24N4O3/c1-10(2)14-5-4-11(3)9-21(14)17(24)16(23)20-13-6-12(15(18)22)7-19-8-13/h6-8,10-11,14H,4-5,9H2,1-3H3,(H2,18,22)(H,20,23)/t11-,14+/m1/s1. The molecule has 0 aliphatic carbocycles. The minimum absolute atomic E-state index is 0.0644. The van der Waals surface area contributed by atoms with Gasteiger partial charge >= 0.3 is 11.8 Å².